The van der Waals surface area contributed by atoms with E-state index in [9.17, 15) is 21.6 Å². The summed E-state index contributed by atoms with van der Waals surface area (Å²) in [7, 11) is -7.09. The number of hydrogen-bond acceptors (Lipinski definition) is 5. The number of carbonyl (C=O) groups excluding carboxylic acids is 1. The first-order valence-electron chi connectivity index (χ1n) is 9.46. The van der Waals surface area contributed by atoms with Gasteiger partial charge in [0.2, 0.25) is 0 Å². The van der Waals surface area contributed by atoms with Crippen LogP contribution in [0.3, 0.4) is 0 Å². The molecule has 10 heteroatoms. The van der Waals surface area contributed by atoms with Crippen molar-refractivity contribution in [2.45, 2.75) is 22.8 Å². The fraction of sp³-hybridized carbons (Fsp3) is 0.136. The monoisotopic (exact) mass is 492 g/mol. The van der Waals surface area contributed by atoms with Crippen molar-refractivity contribution in [2.24, 2.45) is 0 Å². The summed E-state index contributed by atoms with van der Waals surface area (Å²) in [4.78, 5) is 13.0. The normalized spacial score (nSPS) is 12.7. The molecule has 0 aromatic heterocycles. The smallest absolute Gasteiger partial charge is 0.261 e. The molecule has 0 fully saturated rings. The lowest BCUT2D eigenvalue weighted by Gasteiger charge is -2.16. The molecule has 168 valence electrons. The van der Waals surface area contributed by atoms with Crippen LogP contribution in [0.25, 0.3) is 0 Å². The molecule has 3 rings (SSSR count). The number of amides is 1. The maximum Gasteiger partial charge on any atom is 0.261 e. The first-order valence-corrected chi connectivity index (χ1v) is 13.2. The second-order valence-corrected chi connectivity index (χ2v) is 11.3. The molecular formula is C22H21ClN2O5S2. The molecule has 7 nitrogen and oxygen atoms in total. The van der Waals surface area contributed by atoms with Gasteiger partial charge in [-0.15, -0.1) is 0 Å². The zero-order chi connectivity index (χ0) is 23.5. The van der Waals surface area contributed by atoms with E-state index in [1.54, 1.807) is 37.3 Å². The Balaban J connectivity index is 1.72. The number of anilines is 1. The molecule has 1 amide bonds. The van der Waals surface area contributed by atoms with Gasteiger partial charge in [0.15, 0.2) is 9.84 Å². The quantitative estimate of drug-likeness (QED) is 0.517. The molecule has 0 radical (unpaired) electrons. The lowest BCUT2D eigenvalue weighted by Crippen LogP contribution is -2.27. The Bertz CT molecular complexity index is 1340. The van der Waals surface area contributed by atoms with Gasteiger partial charge in [0.05, 0.1) is 32.1 Å². The summed E-state index contributed by atoms with van der Waals surface area (Å²) >= 11 is 6.24. The van der Waals surface area contributed by atoms with E-state index >= 15 is 0 Å². The highest BCUT2D eigenvalue weighted by Gasteiger charge is 2.18. The van der Waals surface area contributed by atoms with Gasteiger partial charge in [-0.3, -0.25) is 9.52 Å². The van der Waals surface area contributed by atoms with E-state index in [-0.39, 0.29) is 26.1 Å². The SMILES string of the molecule is CC(NC(=O)c1ccc(NS(=O)(=O)c2ccccc2)cc1Cl)c1ccc(S(C)(=O)=O)cc1. The van der Waals surface area contributed by atoms with Crippen LogP contribution in [-0.2, 0) is 19.9 Å². The number of sulfone groups is 1. The molecule has 0 saturated carbocycles. The fourth-order valence-electron chi connectivity index (χ4n) is 2.94. The van der Waals surface area contributed by atoms with E-state index in [4.69, 9.17) is 11.6 Å². The summed E-state index contributed by atoms with van der Waals surface area (Å²) in [6.07, 6.45) is 1.12. The van der Waals surface area contributed by atoms with Crippen molar-refractivity contribution < 1.29 is 21.6 Å². The highest BCUT2D eigenvalue weighted by atomic mass is 35.5. The zero-order valence-electron chi connectivity index (χ0n) is 17.2. The Morgan fingerprint density at radius 1 is 0.875 bits per heavy atom. The van der Waals surface area contributed by atoms with Crippen LogP contribution in [0.1, 0.15) is 28.9 Å². The molecule has 2 N–H and O–H groups in total. The van der Waals surface area contributed by atoms with Gasteiger partial charge < -0.3 is 5.32 Å². The van der Waals surface area contributed by atoms with Gasteiger partial charge in [0, 0.05) is 6.26 Å². The second kappa shape index (κ2) is 9.32. The minimum atomic E-state index is -3.78. The number of halogens is 1. The fourth-order valence-corrected chi connectivity index (χ4v) is 4.91. The summed E-state index contributed by atoms with van der Waals surface area (Å²) in [5, 5.41) is 2.87. The van der Waals surface area contributed by atoms with Crippen LogP contribution < -0.4 is 10.0 Å². The molecule has 3 aromatic carbocycles. The van der Waals surface area contributed by atoms with Gasteiger partial charge in [-0.25, -0.2) is 16.8 Å². The largest absolute Gasteiger partial charge is 0.345 e. The van der Waals surface area contributed by atoms with E-state index in [0.717, 1.165) is 6.26 Å². The average molecular weight is 493 g/mol. The second-order valence-electron chi connectivity index (χ2n) is 7.15. The van der Waals surface area contributed by atoms with Crippen molar-refractivity contribution in [3.8, 4) is 0 Å². The van der Waals surface area contributed by atoms with Crippen molar-refractivity contribution in [1.82, 2.24) is 5.32 Å². The van der Waals surface area contributed by atoms with Crippen LogP contribution in [0.4, 0.5) is 5.69 Å². The Morgan fingerprint density at radius 2 is 1.50 bits per heavy atom. The van der Waals surface area contributed by atoms with E-state index in [1.165, 1.54) is 42.5 Å². The first kappa shape index (κ1) is 23.8. The minimum Gasteiger partial charge on any atom is -0.345 e. The lowest BCUT2D eigenvalue weighted by molar-refractivity contribution is 0.0940. The Hall–Kier alpha value is -2.88. The van der Waals surface area contributed by atoms with Crippen LogP contribution in [-0.4, -0.2) is 29.0 Å². The number of sulfonamides is 1. The van der Waals surface area contributed by atoms with Crippen molar-refractivity contribution >= 4 is 43.1 Å². The molecule has 0 aliphatic heterocycles. The highest BCUT2D eigenvalue weighted by molar-refractivity contribution is 7.92. The Labute approximate surface area is 192 Å². The number of hydrogen-bond donors (Lipinski definition) is 2. The number of carbonyl (C=O) groups is 1. The molecular weight excluding hydrogens is 472 g/mol. The molecule has 0 aliphatic rings. The number of benzene rings is 3. The molecule has 3 aromatic rings. The summed E-state index contributed by atoms with van der Waals surface area (Å²) < 4.78 is 50.5. The van der Waals surface area contributed by atoms with Crippen LogP contribution in [0.5, 0.6) is 0 Å². The topological polar surface area (TPSA) is 109 Å². The molecule has 0 aliphatic carbocycles. The number of rotatable bonds is 7. The van der Waals surface area contributed by atoms with Gasteiger partial charge in [-0.2, -0.15) is 0 Å². The van der Waals surface area contributed by atoms with Crippen molar-refractivity contribution in [3.05, 3.63) is 88.9 Å². The van der Waals surface area contributed by atoms with E-state index in [2.05, 4.69) is 10.0 Å². The molecule has 0 saturated heterocycles. The predicted octanol–water partition coefficient (Wildman–Crippen LogP) is 4.04. The molecule has 0 bridgehead atoms. The third kappa shape index (κ3) is 5.67. The van der Waals surface area contributed by atoms with Gasteiger partial charge in [0.1, 0.15) is 0 Å². The average Bonchev–Trinajstić information content (AvgIpc) is 2.73. The first-order chi connectivity index (χ1) is 15.0. The summed E-state index contributed by atoms with van der Waals surface area (Å²) in [6, 6.07) is 17.9. The lowest BCUT2D eigenvalue weighted by atomic mass is 10.1. The van der Waals surface area contributed by atoms with Gasteiger partial charge in [0.25, 0.3) is 15.9 Å². The Morgan fingerprint density at radius 3 is 2.06 bits per heavy atom. The van der Waals surface area contributed by atoms with Crippen molar-refractivity contribution in [1.29, 1.82) is 0 Å². The van der Waals surface area contributed by atoms with Crippen LogP contribution in [0, 0.1) is 0 Å². The third-order valence-electron chi connectivity index (χ3n) is 4.68. The maximum absolute atomic E-state index is 12.7. The van der Waals surface area contributed by atoms with Gasteiger partial charge in [-0.05, 0) is 55.0 Å². The van der Waals surface area contributed by atoms with Crippen LogP contribution in [0.15, 0.2) is 82.6 Å². The van der Waals surface area contributed by atoms with Crippen LogP contribution >= 0.6 is 11.6 Å². The number of nitrogens with one attached hydrogen (secondary N) is 2. The van der Waals surface area contributed by atoms with Crippen LogP contribution in [0.2, 0.25) is 5.02 Å². The van der Waals surface area contributed by atoms with E-state index < -0.39 is 31.8 Å². The van der Waals surface area contributed by atoms with Gasteiger partial charge in [-0.1, -0.05) is 41.9 Å². The molecule has 1 atom stereocenters. The highest BCUT2D eigenvalue weighted by Crippen LogP contribution is 2.24. The maximum atomic E-state index is 12.7. The summed E-state index contributed by atoms with van der Waals surface area (Å²) in [5.74, 6) is -0.452. The molecule has 0 spiro atoms. The summed E-state index contributed by atoms with van der Waals surface area (Å²) in [5.41, 5.74) is 1.11. The van der Waals surface area contributed by atoms with Crippen molar-refractivity contribution in [3.63, 3.8) is 0 Å². The standard InChI is InChI=1S/C22H21ClN2O5S2/c1-15(16-8-11-18(12-9-16)31(2,27)28)24-22(26)20-13-10-17(14-21(20)23)25-32(29,30)19-6-4-3-5-7-19/h3-15,25H,1-2H3,(H,24,26). The van der Waals surface area contributed by atoms with E-state index in [0.29, 0.717) is 5.56 Å². The zero-order valence-corrected chi connectivity index (χ0v) is 19.6. The Kier molecular flexibility index (Phi) is 6.92. The predicted molar refractivity (Wildman–Crippen MR) is 124 cm³/mol. The summed E-state index contributed by atoms with van der Waals surface area (Å²) in [6.45, 7) is 1.75. The van der Waals surface area contributed by atoms with Gasteiger partial charge >= 0.3 is 0 Å². The minimum absolute atomic E-state index is 0.0791. The van der Waals surface area contributed by atoms with E-state index in [1.807, 2.05) is 0 Å². The molecule has 0 heterocycles. The van der Waals surface area contributed by atoms with Crippen molar-refractivity contribution in [2.75, 3.05) is 11.0 Å². The molecule has 1 unspecified atom stereocenters. The molecule has 32 heavy (non-hydrogen) atoms. The third-order valence-corrected chi connectivity index (χ3v) is 7.51.